The van der Waals surface area contributed by atoms with Crippen molar-refractivity contribution in [1.82, 2.24) is 5.32 Å². The van der Waals surface area contributed by atoms with Crippen LogP contribution in [0.3, 0.4) is 0 Å². The predicted molar refractivity (Wildman–Crippen MR) is 98.3 cm³/mol. The highest BCUT2D eigenvalue weighted by Crippen LogP contribution is 2.13. The number of carbonyl (C=O) groups excluding carboxylic acids is 2. The quantitative estimate of drug-likeness (QED) is 0.835. The second-order valence-electron chi connectivity index (χ2n) is 5.80. The van der Waals surface area contributed by atoms with Crippen molar-refractivity contribution in [2.45, 2.75) is 32.4 Å². The minimum absolute atomic E-state index is 0.0543. The van der Waals surface area contributed by atoms with Crippen molar-refractivity contribution in [3.63, 3.8) is 0 Å². The molecule has 132 valence electrons. The Balaban J connectivity index is 1.82. The average Bonchev–Trinajstić information content (AvgIpc) is 2.66. The summed E-state index contributed by atoms with van der Waals surface area (Å²) in [6.07, 6.45) is 0.364. The van der Waals surface area contributed by atoms with E-state index in [2.05, 4.69) is 5.32 Å². The third-order valence-electron chi connectivity index (χ3n) is 3.97. The van der Waals surface area contributed by atoms with E-state index in [1.807, 2.05) is 67.6 Å². The van der Waals surface area contributed by atoms with Gasteiger partial charge in [0.15, 0.2) is 0 Å². The van der Waals surface area contributed by atoms with Gasteiger partial charge in [-0.1, -0.05) is 55.5 Å². The fourth-order valence-electron chi connectivity index (χ4n) is 2.37. The smallest absolute Gasteiger partial charge is 0.407 e. The van der Waals surface area contributed by atoms with Gasteiger partial charge in [0.2, 0.25) is 5.91 Å². The van der Waals surface area contributed by atoms with Gasteiger partial charge >= 0.3 is 6.09 Å². The molecule has 1 unspecified atom stereocenters. The van der Waals surface area contributed by atoms with Crippen molar-refractivity contribution in [3.05, 3.63) is 66.2 Å². The number of benzene rings is 2. The van der Waals surface area contributed by atoms with Gasteiger partial charge in [-0.3, -0.25) is 4.79 Å². The van der Waals surface area contributed by atoms with Crippen molar-refractivity contribution in [1.29, 1.82) is 0 Å². The Morgan fingerprint density at radius 1 is 1.04 bits per heavy atom. The molecule has 0 radical (unpaired) electrons. The largest absolute Gasteiger partial charge is 0.445 e. The highest BCUT2D eigenvalue weighted by atomic mass is 16.5. The zero-order valence-electron chi connectivity index (χ0n) is 14.6. The van der Waals surface area contributed by atoms with E-state index in [9.17, 15) is 9.59 Å². The molecule has 1 N–H and O–H groups in total. The number of rotatable bonds is 7. The maximum atomic E-state index is 12.4. The van der Waals surface area contributed by atoms with Gasteiger partial charge in [0, 0.05) is 25.2 Å². The molecule has 0 bridgehead atoms. The van der Waals surface area contributed by atoms with Crippen molar-refractivity contribution >= 4 is 17.7 Å². The van der Waals surface area contributed by atoms with Gasteiger partial charge in [-0.25, -0.2) is 4.79 Å². The number of alkyl carbamates (subject to hydrolysis) is 1. The molecule has 0 aliphatic rings. The minimum Gasteiger partial charge on any atom is -0.445 e. The Morgan fingerprint density at radius 3 is 2.24 bits per heavy atom. The number of anilines is 1. The molecule has 2 aromatic rings. The second-order valence-corrected chi connectivity index (χ2v) is 5.80. The Bertz CT molecular complexity index is 674. The van der Waals surface area contributed by atoms with Gasteiger partial charge in [-0.2, -0.15) is 0 Å². The summed E-state index contributed by atoms with van der Waals surface area (Å²) in [6, 6.07) is 18.6. The van der Waals surface area contributed by atoms with Gasteiger partial charge in [0.1, 0.15) is 6.61 Å². The number of nitrogens with one attached hydrogen (secondary N) is 1. The highest BCUT2D eigenvalue weighted by Gasteiger charge is 2.19. The first-order valence-electron chi connectivity index (χ1n) is 8.39. The van der Waals surface area contributed by atoms with Crippen LogP contribution in [0.5, 0.6) is 0 Å². The van der Waals surface area contributed by atoms with E-state index in [0.29, 0.717) is 6.42 Å². The van der Waals surface area contributed by atoms with Gasteiger partial charge in [0.25, 0.3) is 0 Å². The lowest BCUT2D eigenvalue weighted by molar-refractivity contribution is -0.118. The van der Waals surface area contributed by atoms with Crippen LogP contribution in [-0.2, 0) is 16.1 Å². The van der Waals surface area contributed by atoms with Crippen molar-refractivity contribution in [3.8, 4) is 0 Å². The summed E-state index contributed by atoms with van der Waals surface area (Å²) >= 11 is 0. The van der Waals surface area contributed by atoms with E-state index >= 15 is 0 Å². The standard InChI is InChI=1S/C20H24N2O3/c1-3-17(14-19(23)22(2)18-12-8-5-9-13-18)21-20(24)25-15-16-10-6-4-7-11-16/h4-13,17H,3,14-15H2,1-2H3,(H,21,24). The zero-order chi connectivity index (χ0) is 18.1. The van der Waals surface area contributed by atoms with Crippen LogP contribution in [0.25, 0.3) is 0 Å². The molecule has 5 nitrogen and oxygen atoms in total. The molecule has 0 spiro atoms. The topological polar surface area (TPSA) is 58.6 Å². The van der Waals surface area contributed by atoms with Crippen LogP contribution in [0.4, 0.5) is 10.5 Å². The summed E-state index contributed by atoms with van der Waals surface area (Å²) in [5, 5.41) is 2.77. The second kappa shape index (κ2) is 9.47. The Kier molecular flexibility index (Phi) is 7.01. The molecule has 2 rings (SSSR count). The summed E-state index contributed by atoms with van der Waals surface area (Å²) in [5.41, 5.74) is 1.75. The van der Waals surface area contributed by atoms with E-state index in [1.165, 1.54) is 0 Å². The molecule has 1 atom stereocenters. The maximum Gasteiger partial charge on any atom is 0.407 e. The summed E-state index contributed by atoms with van der Waals surface area (Å²) in [5.74, 6) is -0.0543. The number of para-hydroxylation sites is 1. The molecule has 0 saturated heterocycles. The third-order valence-corrected chi connectivity index (χ3v) is 3.97. The van der Waals surface area contributed by atoms with Gasteiger partial charge in [0.05, 0.1) is 0 Å². The van der Waals surface area contributed by atoms with Gasteiger partial charge in [-0.15, -0.1) is 0 Å². The van der Waals surface area contributed by atoms with Crippen LogP contribution >= 0.6 is 0 Å². The van der Waals surface area contributed by atoms with Crippen LogP contribution in [-0.4, -0.2) is 25.1 Å². The normalized spacial score (nSPS) is 11.4. The Labute approximate surface area is 148 Å². The number of nitrogens with zero attached hydrogens (tertiary/aromatic N) is 1. The van der Waals surface area contributed by atoms with E-state index in [-0.39, 0.29) is 25.0 Å². The van der Waals surface area contributed by atoms with E-state index in [1.54, 1.807) is 11.9 Å². The first-order chi connectivity index (χ1) is 12.1. The fourth-order valence-corrected chi connectivity index (χ4v) is 2.37. The van der Waals surface area contributed by atoms with Gasteiger partial charge in [-0.05, 0) is 24.1 Å². The van der Waals surface area contributed by atoms with Crippen LogP contribution in [0, 0.1) is 0 Å². The van der Waals surface area contributed by atoms with Crippen LogP contribution in [0.1, 0.15) is 25.3 Å². The molecule has 0 fully saturated rings. The van der Waals surface area contributed by atoms with E-state index in [0.717, 1.165) is 11.3 Å². The van der Waals surface area contributed by atoms with Crippen LogP contribution < -0.4 is 10.2 Å². The predicted octanol–water partition coefficient (Wildman–Crippen LogP) is 3.74. The number of carbonyl (C=O) groups is 2. The third kappa shape index (κ3) is 5.95. The monoisotopic (exact) mass is 340 g/mol. The minimum atomic E-state index is -0.508. The maximum absolute atomic E-state index is 12.4. The fraction of sp³-hybridized carbons (Fsp3) is 0.300. The molecule has 25 heavy (non-hydrogen) atoms. The summed E-state index contributed by atoms with van der Waals surface area (Å²) in [7, 11) is 1.73. The van der Waals surface area contributed by atoms with Crippen LogP contribution in [0.15, 0.2) is 60.7 Å². The molecule has 0 saturated carbocycles. The summed E-state index contributed by atoms with van der Waals surface area (Å²) in [4.78, 5) is 26.0. The number of ether oxygens (including phenoxy) is 1. The van der Waals surface area contributed by atoms with Gasteiger partial charge < -0.3 is 15.0 Å². The Morgan fingerprint density at radius 2 is 1.64 bits per heavy atom. The van der Waals surface area contributed by atoms with E-state index in [4.69, 9.17) is 4.74 Å². The Hall–Kier alpha value is -2.82. The van der Waals surface area contributed by atoms with Crippen molar-refractivity contribution in [2.75, 3.05) is 11.9 Å². The molecule has 2 aromatic carbocycles. The number of amides is 2. The van der Waals surface area contributed by atoms with Crippen molar-refractivity contribution < 1.29 is 14.3 Å². The molecule has 0 heterocycles. The first kappa shape index (κ1) is 18.5. The molecule has 0 aliphatic carbocycles. The molecule has 0 aliphatic heterocycles. The molecular formula is C20H24N2O3. The molecule has 0 aromatic heterocycles. The number of hydrogen-bond acceptors (Lipinski definition) is 3. The highest BCUT2D eigenvalue weighted by molar-refractivity contribution is 5.93. The lowest BCUT2D eigenvalue weighted by Gasteiger charge is -2.21. The van der Waals surface area contributed by atoms with Crippen LogP contribution in [0.2, 0.25) is 0 Å². The lowest BCUT2D eigenvalue weighted by Crippen LogP contribution is -2.39. The first-order valence-corrected chi connectivity index (χ1v) is 8.39. The molecule has 2 amide bonds. The number of hydrogen-bond donors (Lipinski definition) is 1. The lowest BCUT2D eigenvalue weighted by atomic mass is 10.1. The average molecular weight is 340 g/mol. The summed E-state index contributed by atoms with van der Waals surface area (Å²) in [6.45, 7) is 2.14. The SMILES string of the molecule is CCC(CC(=O)N(C)c1ccccc1)NC(=O)OCc1ccccc1. The zero-order valence-corrected chi connectivity index (χ0v) is 14.6. The van der Waals surface area contributed by atoms with Crippen molar-refractivity contribution in [2.24, 2.45) is 0 Å². The van der Waals surface area contributed by atoms with E-state index < -0.39 is 6.09 Å². The molecule has 5 heteroatoms. The summed E-state index contributed by atoms with van der Waals surface area (Å²) < 4.78 is 5.21. The molecular weight excluding hydrogens is 316 g/mol.